The van der Waals surface area contributed by atoms with Crippen molar-refractivity contribution in [2.75, 3.05) is 12.8 Å². The second kappa shape index (κ2) is 4.59. The van der Waals surface area contributed by atoms with Gasteiger partial charge in [0, 0.05) is 4.47 Å². The molecule has 19 heavy (non-hydrogen) atoms. The van der Waals surface area contributed by atoms with Gasteiger partial charge in [0.15, 0.2) is 11.1 Å². The molecule has 0 spiro atoms. The number of nitrogen functional groups attached to an aromatic ring is 1. The van der Waals surface area contributed by atoms with Crippen LogP contribution in [0.5, 0.6) is 5.75 Å². The largest absolute Gasteiger partial charge is 0.494 e. The number of fused-ring (bicyclic) bond motifs is 1. The summed E-state index contributed by atoms with van der Waals surface area (Å²) in [6, 6.07) is 11.2. The highest BCUT2D eigenvalue weighted by Gasteiger charge is 2.14. The Morgan fingerprint density at radius 2 is 2.00 bits per heavy atom. The number of para-hydroxylation sites is 2. The SMILES string of the molecule is COc1cccc2oc(-c3cccc(Br)c3N)nc12. The fourth-order valence-corrected chi connectivity index (χ4v) is 2.29. The first kappa shape index (κ1) is 12.0. The van der Waals surface area contributed by atoms with Crippen LogP contribution in [0.2, 0.25) is 0 Å². The van der Waals surface area contributed by atoms with Crippen molar-refractivity contribution in [1.29, 1.82) is 0 Å². The zero-order chi connectivity index (χ0) is 13.4. The summed E-state index contributed by atoms with van der Waals surface area (Å²) in [4.78, 5) is 4.46. The number of nitrogens with two attached hydrogens (primary N) is 1. The number of methoxy groups -OCH3 is 1. The number of anilines is 1. The molecule has 0 saturated heterocycles. The highest BCUT2D eigenvalue weighted by atomic mass is 79.9. The smallest absolute Gasteiger partial charge is 0.229 e. The number of halogens is 1. The second-order valence-electron chi connectivity index (χ2n) is 4.03. The topological polar surface area (TPSA) is 61.3 Å². The standard InChI is InChI=1S/C14H11BrN2O2/c1-18-10-6-3-7-11-13(10)17-14(19-11)8-4-2-5-9(15)12(8)16/h2-7H,16H2,1H3. The molecule has 0 radical (unpaired) electrons. The lowest BCUT2D eigenvalue weighted by molar-refractivity contribution is 0.419. The van der Waals surface area contributed by atoms with Gasteiger partial charge in [0.05, 0.1) is 18.4 Å². The molecule has 0 bridgehead atoms. The molecule has 0 saturated carbocycles. The van der Waals surface area contributed by atoms with Gasteiger partial charge in [0.1, 0.15) is 5.75 Å². The maximum Gasteiger partial charge on any atom is 0.229 e. The van der Waals surface area contributed by atoms with Crippen molar-refractivity contribution in [2.45, 2.75) is 0 Å². The van der Waals surface area contributed by atoms with Crippen LogP contribution in [0.15, 0.2) is 45.3 Å². The Morgan fingerprint density at radius 1 is 1.21 bits per heavy atom. The van der Waals surface area contributed by atoms with Gasteiger partial charge in [-0.15, -0.1) is 0 Å². The third-order valence-electron chi connectivity index (χ3n) is 2.89. The van der Waals surface area contributed by atoms with Crippen LogP contribution in [0.3, 0.4) is 0 Å². The number of aromatic nitrogens is 1. The lowest BCUT2D eigenvalue weighted by Crippen LogP contribution is -1.91. The third kappa shape index (κ3) is 1.96. The van der Waals surface area contributed by atoms with Crippen LogP contribution in [0.4, 0.5) is 5.69 Å². The molecule has 0 aliphatic carbocycles. The van der Waals surface area contributed by atoms with Gasteiger partial charge < -0.3 is 14.9 Å². The maximum absolute atomic E-state index is 6.03. The van der Waals surface area contributed by atoms with Crippen molar-refractivity contribution in [2.24, 2.45) is 0 Å². The van der Waals surface area contributed by atoms with Gasteiger partial charge >= 0.3 is 0 Å². The van der Waals surface area contributed by atoms with Crippen LogP contribution < -0.4 is 10.5 Å². The number of hydrogen-bond donors (Lipinski definition) is 1. The predicted octanol–water partition coefficient (Wildman–Crippen LogP) is 3.85. The van der Waals surface area contributed by atoms with Crippen LogP contribution in [0, 0.1) is 0 Å². The molecule has 1 aromatic heterocycles. The van der Waals surface area contributed by atoms with Crippen molar-refractivity contribution >= 4 is 32.7 Å². The fraction of sp³-hybridized carbons (Fsp3) is 0.0714. The normalized spacial score (nSPS) is 10.8. The van der Waals surface area contributed by atoms with Crippen LogP contribution in [0.1, 0.15) is 0 Å². The Labute approximate surface area is 118 Å². The first-order valence-electron chi connectivity index (χ1n) is 5.68. The number of benzene rings is 2. The molecule has 2 aromatic carbocycles. The van der Waals surface area contributed by atoms with E-state index in [9.17, 15) is 0 Å². The monoisotopic (exact) mass is 318 g/mol. The average Bonchev–Trinajstić information content (AvgIpc) is 2.85. The van der Waals surface area contributed by atoms with E-state index >= 15 is 0 Å². The first-order valence-corrected chi connectivity index (χ1v) is 6.48. The minimum atomic E-state index is 0.485. The van der Waals surface area contributed by atoms with E-state index in [1.54, 1.807) is 7.11 Å². The van der Waals surface area contributed by atoms with Gasteiger partial charge in [0.2, 0.25) is 5.89 Å². The van der Waals surface area contributed by atoms with Crippen molar-refractivity contribution in [3.8, 4) is 17.2 Å². The average molecular weight is 319 g/mol. The van der Waals surface area contributed by atoms with Gasteiger partial charge in [-0.1, -0.05) is 12.1 Å². The summed E-state index contributed by atoms with van der Waals surface area (Å²) in [6.07, 6.45) is 0. The summed E-state index contributed by atoms with van der Waals surface area (Å²) in [5.41, 5.74) is 8.76. The highest BCUT2D eigenvalue weighted by Crippen LogP contribution is 2.34. The van der Waals surface area contributed by atoms with E-state index in [0.717, 1.165) is 10.0 Å². The first-order chi connectivity index (χ1) is 9.20. The Balaban J connectivity index is 2.24. The molecule has 0 fully saturated rings. The minimum Gasteiger partial charge on any atom is -0.494 e. The summed E-state index contributed by atoms with van der Waals surface area (Å²) in [5, 5.41) is 0. The van der Waals surface area contributed by atoms with Crippen molar-refractivity contribution in [3.05, 3.63) is 40.9 Å². The molecular formula is C14H11BrN2O2. The van der Waals surface area contributed by atoms with Crippen LogP contribution in [0.25, 0.3) is 22.6 Å². The number of ether oxygens (including phenoxy) is 1. The molecule has 96 valence electrons. The third-order valence-corrected chi connectivity index (χ3v) is 3.58. The van der Waals surface area contributed by atoms with E-state index in [-0.39, 0.29) is 0 Å². The fourth-order valence-electron chi connectivity index (χ4n) is 1.93. The lowest BCUT2D eigenvalue weighted by Gasteiger charge is -2.02. The summed E-state index contributed by atoms with van der Waals surface area (Å²) < 4.78 is 11.8. The van der Waals surface area contributed by atoms with Gasteiger partial charge in [-0.3, -0.25) is 0 Å². The Hall–Kier alpha value is -2.01. The van der Waals surface area contributed by atoms with Crippen molar-refractivity contribution in [1.82, 2.24) is 4.98 Å². The zero-order valence-corrected chi connectivity index (χ0v) is 11.8. The lowest BCUT2D eigenvalue weighted by atomic mass is 10.2. The number of rotatable bonds is 2. The van der Waals surface area contributed by atoms with E-state index in [4.69, 9.17) is 14.9 Å². The van der Waals surface area contributed by atoms with E-state index in [1.165, 1.54) is 0 Å². The molecule has 3 rings (SSSR count). The quantitative estimate of drug-likeness (QED) is 0.729. The molecule has 4 nitrogen and oxygen atoms in total. The summed E-state index contributed by atoms with van der Waals surface area (Å²) in [6.45, 7) is 0. The predicted molar refractivity (Wildman–Crippen MR) is 78.1 cm³/mol. The summed E-state index contributed by atoms with van der Waals surface area (Å²) >= 11 is 3.40. The number of hydrogen-bond acceptors (Lipinski definition) is 4. The summed E-state index contributed by atoms with van der Waals surface area (Å²) in [5.74, 6) is 1.17. The van der Waals surface area contributed by atoms with Gasteiger partial charge in [0.25, 0.3) is 0 Å². The van der Waals surface area contributed by atoms with Gasteiger partial charge in [-0.25, -0.2) is 4.98 Å². The molecule has 0 aliphatic rings. The molecular weight excluding hydrogens is 308 g/mol. The molecule has 0 amide bonds. The number of oxazole rings is 1. The van der Waals surface area contributed by atoms with Gasteiger partial charge in [-0.2, -0.15) is 0 Å². The van der Waals surface area contributed by atoms with Crippen molar-refractivity contribution < 1.29 is 9.15 Å². The van der Waals surface area contributed by atoms with Gasteiger partial charge in [-0.05, 0) is 40.2 Å². The van der Waals surface area contributed by atoms with E-state index in [0.29, 0.717) is 28.4 Å². The highest BCUT2D eigenvalue weighted by molar-refractivity contribution is 9.10. The van der Waals surface area contributed by atoms with Crippen molar-refractivity contribution in [3.63, 3.8) is 0 Å². The minimum absolute atomic E-state index is 0.485. The van der Waals surface area contributed by atoms with E-state index in [1.807, 2.05) is 36.4 Å². The molecule has 0 unspecified atom stereocenters. The zero-order valence-electron chi connectivity index (χ0n) is 10.2. The van der Waals surface area contributed by atoms with E-state index < -0.39 is 0 Å². The summed E-state index contributed by atoms with van der Waals surface area (Å²) in [7, 11) is 1.61. The van der Waals surface area contributed by atoms with Crippen LogP contribution >= 0.6 is 15.9 Å². The van der Waals surface area contributed by atoms with E-state index in [2.05, 4.69) is 20.9 Å². The number of nitrogens with zero attached hydrogens (tertiary/aromatic N) is 1. The Morgan fingerprint density at radius 3 is 2.79 bits per heavy atom. The Bertz CT molecular complexity index is 752. The molecule has 3 aromatic rings. The molecule has 0 aliphatic heterocycles. The molecule has 2 N–H and O–H groups in total. The molecule has 5 heteroatoms. The van der Waals surface area contributed by atoms with Crippen LogP contribution in [-0.2, 0) is 0 Å². The van der Waals surface area contributed by atoms with Crippen LogP contribution in [-0.4, -0.2) is 12.1 Å². The second-order valence-corrected chi connectivity index (χ2v) is 4.88. The Kier molecular flexibility index (Phi) is 2.91. The maximum atomic E-state index is 6.03. The molecule has 0 atom stereocenters. The molecule has 1 heterocycles.